The molecule has 104 valence electrons. The molecular formula is C13H22O5. The molecule has 0 rings (SSSR count). The summed E-state index contributed by atoms with van der Waals surface area (Å²) in [6, 6.07) is 0. The molecule has 0 aromatic heterocycles. The van der Waals surface area contributed by atoms with Gasteiger partial charge >= 0.3 is 5.97 Å². The molecule has 18 heavy (non-hydrogen) atoms. The fourth-order valence-corrected chi connectivity index (χ4v) is 1.32. The molecule has 0 amide bonds. The van der Waals surface area contributed by atoms with Crippen molar-refractivity contribution in [3.63, 3.8) is 0 Å². The molecule has 1 N–H and O–H groups in total. The number of aliphatic carboxylic acids is 1. The fourth-order valence-electron chi connectivity index (χ4n) is 1.32. The normalized spacial score (nSPS) is 14.0. The number of hydrogen-bond acceptors (Lipinski definition) is 4. The lowest BCUT2D eigenvalue weighted by molar-refractivity contribution is -0.258. The molecule has 1 unspecified atom stereocenters. The Balaban J connectivity index is 4.27. The maximum Gasteiger partial charge on any atom is 0.331 e. The van der Waals surface area contributed by atoms with Crippen LogP contribution >= 0.6 is 0 Å². The van der Waals surface area contributed by atoms with Crippen molar-refractivity contribution >= 4 is 5.97 Å². The predicted molar refractivity (Wildman–Crippen MR) is 68.1 cm³/mol. The van der Waals surface area contributed by atoms with Crippen molar-refractivity contribution in [2.75, 3.05) is 13.2 Å². The molecule has 0 aliphatic heterocycles. The second-order valence-electron chi connectivity index (χ2n) is 4.29. The molecule has 0 radical (unpaired) electrons. The van der Waals surface area contributed by atoms with E-state index in [-0.39, 0.29) is 31.3 Å². The number of carboxylic acid groups (broad SMARTS) is 1. The van der Waals surface area contributed by atoms with Gasteiger partial charge in [0.2, 0.25) is 0 Å². The standard InChI is InChI=1S/C13H22O5/c1-6-16-9-13(5,18-10(2)3)17-8-7-11(4)12(14)15/h6,10H,1,4,7-9H2,2-3,5H3,(H,14,15). The van der Waals surface area contributed by atoms with Crippen LogP contribution in [0.25, 0.3) is 0 Å². The Bertz CT molecular complexity index is 298. The molecule has 1 atom stereocenters. The van der Waals surface area contributed by atoms with Crippen LogP contribution in [0.1, 0.15) is 27.2 Å². The fraction of sp³-hybridized carbons (Fsp3) is 0.615. The maximum absolute atomic E-state index is 10.6. The topological polar surface area (TPSA) is 65.0 Å². The second kappa shape index (κ2) is 7.89. The highest BCUT2D eigenvalue weighted by atomic mass is 16.7. The molecule has 0 heterocycles. The number of ether oxygens (including phenoxy) is 3. The van der Waals surface area contributed by atoms with Gasteiger partial charge in [-0.3, -0.25) is 0 Å². The summed E-state index contributed by atoms with van der Waals surface area (Å²) < 4.78 is 16.2. The van der Waals surface area contributed by atoms with E-state index in [2.05, 4.69) is 13.2 Å². The highest BCUT2D eigenvalue weighted by molar-refractivity contribution is 5.85. The molecule has 0 fully saturated rings. The molecule has 0 aromatic rings. The molecule has 0 aromatic carbocycles. The minimum atomic E-state index is -1.02. The van der Waals surface area contributed by atoms with E-state index >= 15 is 0 Å². The zero-order chi connectivity index (χ0) is 14.2. The SMILES string of the molecule is C=COCC(C)(OCCC(=C)C(=O)O)OC(C)C. The summed E-state index contributed by atoms with van der Waals surface area (Å²) in [6.45, 7) is 12.8. The van der Waals surface area contributed by atoms with E-state index in [1.165, 1.54) is 6.26 Å². The zero-order valence-electron chi connectivity index (χ0n) is 11.3. The number of rotatable bonds is 10. The Kier molecular flexibility index (Phi) is 7.31. The van der Waals surface area contributed by atoms with Crippen molar-refractivity contribution in [3.8, 4) is 0 Å². The quantitative estimate of drug-likeness (QED) is 0.370. The van der Waals surface area contributed by atoms with Crippen LogP contribution in [0.15, 0.2) is 25.0 Å². The average molecular weight is 258 g/mol. The largest absolute Gasteiger partial charge is 0.496 e. The van der Waals surface area contributed by atoms with Gasteiger partial charge in [0.1, 0.15) is 6.61 Å². The van der Waals surface area contributed by atoms with Crippen LogP contribution in [0, 0.1) is 0 Å². The second-order valence-corrected chi connectivity index (χ2v) is 4.29. The van der Waals surface area contributed by atoms with Crippen LogP contribution < -0.4 is 0 Å². The first-order valence-electron chi connectivity index (χ1n) is 5.76. The summed E-state index contributed by atoms with van der Waals surface area (Å²) in [4.78, 5) is 10.6. The minimum Gasteiger partial charge on any atom is -0.496 e. The molecule has 0 bridgehead atoms. The van der Waals surface area contributed by atoms with E-state index in [4.69, 9.17) is 19.3 Å². The van der Waals surface area contributed by atoms with Gasteiger partial charge in [-0.1, -0.05) is 13.2 Å². The van der Waals surface area contributed by atoms with Crippen molar-refractivity contribution < 1.29 is 24.1 Å². The van der Waals surface area contributed by atoms with E-state index in [1.54, 1.807) is 6.92 Å². The monoisotopic (exact) mass is 258 g/mol. The third-order valence-corrected chi connectivity index (χ3v) is 2.06. The van der Waals surface area contributed by atoms with E-state index < -0.39 is 11.8 Å². The van der Waals surface area contributed by atoms with Gasteiger partial charge in [0.25, 0.3) is 0 Å². The van der Waals surface area contributed by atoms with Crippen LogP contribution in [0.4, 0.5) is 0 Å². The Hall–Kier alpha value is -1.33. The molecule has 0 saturated heterocycles. The summed E-state index contributed by atoms with van der Waals surface area (Å²) in [7, 11) is 0. The van der Waals surface area contributed by atoms with Gasteiger partial charge in [0, 0.05) is 12.0 Å². The van der Waals surface area contributed by atoms with Crippen molar-refractivity contribution in [2.24, 2.45) is 0 Å². The zero-order valence-corrected chi connectivity index (χ0v) is 11.3. The summed E-state index contributed by atoms with van der Waals surface area (Å²) in [6.07, 6.45) is 1.51. The Labute approximate surface area is 108 Å². The van der Waals surface area contributed by atoms with Gasteiger partial charge in [-0.15, -0.1) is 0 Å². The highest BCUT2D eigenvalue weighted by Gasteiger charge is 2.28. The van der Waals surface area contributed by atoms with Crippen LogP contribution in [0.2, 0.25) is 0 Å². The first-order chi connectivity index (χ1) is 8.30. The van der Waals surface area contributed by atoms with Crippen molar-refractivity contribution in [2.45, 2.75) is 39.1 Å². The van der Waals surface area contributed by atoms with Crippen molar-refractivity contribution in [3.05, 3.63) is 25.0 Å². The van der Waals surface area contributed by atoms with Crippen LogP contribution in [-0.2, 0) is 19.0 Å². The van der Waals surface area contributed by atoms with Crippen molar-refractivity contribution in [1.29, 1.82) is 0 Å². The molecule has 5 nitrogen and oxygen atoms in total. The first kappa shape index (κ1) is 16.7. The molecule has 0 spiro atoms. The average Bonchev–Trinajstić information content (AvgIpc) is 2.25. The predicted octanol–water partition coefficient (Wildman–Crippen LogP) is 2.34. The lowest BCUT2D eigenvalue weighted by Crippen LogP contribution is -2.39. The van der Waals surface area contributed by atoms with Gasteiger partial charge in [-0.2, -0.15) is 0 Å². The van der Waals surface area contributed by atoms with Gasteiger partial charge < -0.3 is 19.3 Å². The summed E-state index contributed by atoms with van der Waals surface area (Å²) in [5, 5.41) is 8.67. The first-order valence-corrected chi connectivity index (χ1v) is 5.76. The molecule has 0 aliphatic carbocycles. The molecule has 0 saturated carbocycles. The van der Waals surface area contributed by atoms with Gasteiger partial charge in [-0.05, 0) is 20.8 Å². The van der Waals surface area contributed by atoms with E-state index in [0.717, 1.165) is 0 Å². The highest BCUT2D eigenvalue weighted by Crippen LogP contribution is 2.17. The molecule has 5 heteroatoms. The number of carbonyl (C=O) groups is 1. The van der Waals surface area contributed by atoms with Crippen molar-refractivity contribution in [1.82, 2.24) is 0 Å². The summed E-state index contributed by atoms with van der Waals surface area (Å²) in [5.74, 6) is -1.95. The summed E-state index contributed by atoms with van der Waals surface area (Å²) in [5.41, 5.74) is 0.103. The van der Waals surface area contributed by atoms with E-state index in [1.807, 2.05) is 13.8 Å². The molecule has 0 aliphatic rings. The lowest BCUT2D eigenvalue weighted by atomic mass is 10.2. The molecular weight excluding hydrogens is 236 g/mol. The minimum absolute atomic E-state index is 0.0360. The number of carboxylic acids is 1. The smallest absolute Gasteiger partial charge is 0.331 e. The van der Waals surface area contributed by atoms with Crippen LogP contribution in [0.5, 0.6) is 0 Å². The van der Waals surface area contributed by atoms with Gasteiger partial charge in [-0.25, -0.2) is 4.79 Å². The Morgan fingerprint density at radius 3 is 2.56 bits per heavy atom. The van der Waals surface area contributed by atoms with Gasteiger partial charge in [0.15, 0.2) is 5.79 Å². The third-order valence-electron chi connectivity index (χ3n) is 2.06. The number of hydrogen-bond donors (Lipinski definition) is 1. The van der Waals surface area contributed by atoms with E-state index in [9.17, 15) is 4.79 Å². The maximum atomic E-state index is 10.6. The van der Waals surface area contributed by atoms with Crippen LogP contribution in [-0.4, -0.2) is 36.2 Å². The lowest BCUT2D eigenvalue weighted by Gasteiger charge is -2.31. The Morgan fingerprint density at radius 1 is 1.50 bits per heavy atom. The Morgan fingerprint density at radius 2 is 2.11 bits per heavy atom. The third kappa shape index (κ3) is 7.09. The summed E-state index contributed by atoms with van der Waals surface area (Å²) >= 11 is 0. The van der Waals surface area contributed by atoms with Gasteiger partial charge in [0.05, 0.1) is 19.0 Å². The van der Waals surface area contributed by atoms with Crippen LogP contribution in [0.3, 0.4) is 0 Å². The van der Waals surface area contributed by atoms with E-state index in [0.29, 0.717) is 0 Å².